The molecule has 0 aliphatic carbocycles. The molecule has 0 aliphatic heterocycles. The van der Waals surface area contributed by atoms with E-state index in [2.05, 4.69) is 20.4 Å². The normalized spacial score (nSPS) is 11.1. The van der Waals surface area contributed by atoms with Crippen LogP contribution in [-0.4, -0.2) is 15.3 Å². The maximum absolute atomic E-state index is 13.1. The van der Waals surface area contributed by atoms with Crippen LogP contribution >= 0.6 is 0 Å². The fourth-order valence-corrected chi connectivity index (χ4v) is 1.93. The Bertz CT molecular complexity index is 881. The van der Waals surface area contributed by atoms with Crippen LogP contribution in [-0.2, 0) is 0 Å². The van der Waals surface area contributed by atoms with Crippen molar-refractivity contribution in [3.63, 3.8) is 0 Å². The lowest BCUT2D eigenvalue weighted by Gasteiger charge is -1.99. The monoisotopic (exact) mass is 298 g/mol. The lowest BCUT2D eigenvalue weighted by atomic mass is 10.1. The third-order valence-electron chi connectivity index (χ3n) is 2.98. The third-order valence-corrected chi connectivity index (χ3v) is 2.98. The molecule has 0 bridgehead atoms. The SMILES string of the molecule is O=c1[nH][nH]c(-c2ccc(O)cc2)c1N=Nc1cccc(F)c1. The highest BCUT2D eigenvalue weighted by molar-refractivity contribution is 5.71. The Morgan fingerprint density at radius 2 is 1.77 bits per heavy atom. The molecule has 3 aromatic rings. The van der Waals surface area contributed by atoms with Gasteiger partial charge in [-0.3, -0.25) is 15.0 Å². The van der Waals surface area contributed by atoms with E-state index in [1.807, 2.05) is 0 Å². The van der Waals surface area contributed by atoms with Gasteiger partial charge < -0.3 is 5.11 Å². The van der Waals surface area contributed by atoms with Crippen molar-refractivity contribution in [1.29, 1.82) is 0 Å². The molecular weight excluding hydrogens is 287 g/mol. The molecule has 0 radical (unpaired) electrons. The van der Waals surface area contributed by atoms with Crippen molar-refractivity contribution in [3.05, 3.63) is 64.7 Å². The topological polar surface area (TPSA) is 93.6 Å². The Balaban J connectivity index is 1.99. The Kier molecular flexibility index (Phi) is 3.53. The number of aromatic nitrogens is 2. The van der Waals surface area contributed by atoms with Crippen molar-refractivity contribution in [2.45, 2.75) is 0 Å². The maximum Gasteiger partial charge on any atom is 0.292 e. The van der Waals surface area contributed by atoms with E-state index in [1.165, 1.54) is 30.3 Å². The smallest absolute Gasteiger partial charge is 0.292 e. The molecule has 0 spiro atoms. The molecule has 1 heterocycles. The summed E-state index contributed by atoms with van der Waals surface area (Å²) < 4.78 is 13.1. The quantitative estimate of drug-likeness (QED) is 0.644. The molecule has 0 amide bonds. The highest BCUT2D eigenvalue weighted by atomic mass is 19.1. The number of phenols is 1. The molecule has 22 heavy (non-hydrogen) atoms. The highest BCUT2D eigenvalue weighted by Gasteiger charge is 2.11. The summed E-state index contributed by atoms with van der Waals surface area (Å²) in [6, 6.07) is 11.8. The van der Waals surface area contributed by atoms with Gasteiger partial charge in [0, 0.05) is 11.6 Å². The van der Waals surface area contributed by atoms with Gasteiger partial charge in [0.2, 0.25) is 0 Å². The molecule has 0 aliphatic rings. The Hall–Kier alpha value is -3.22. The zero-order chi connectivity index (χ0) is 15.5. The number of phenolic OH excluding ortho intramolecular Hbond substituents is 1. The minimum Gasteiger partial charge on any atom is -0.508 e. The van der Waals surface area contributed by atoms with Crippen molar-refractivity contribution >= 4 is 11.4 Å². The predicted octanol–water partition coefficient (Wildman–Crippen LogP) is 3.63. The molecule has 1 aromatic heterocycles. The first-order valence-electron chi connectivity index (χ1n) is 6.41. The van der Waals surface area contributed by atoms with E-state index in [4.69, 9.17) is 0 Å². The second-order valence-corrected chi connectivity index (χ2v) is 4.53. The molecule has 3 N–H and O–H groups in total. The van der Waals surface area contributed by atoms with E-state index < -0.39 is 11.4 Å². The van der Waals surface area contributed by atoms with Crippen LogP contribution in [0.3, 0.4) is 0 Å². The van der Waals surface area contributed by atoms with Gasteiger partial charge in [0.15, 0.2) is 5.69 Å². The Labute approximate surface area is 124 Å². The molecule has 2 aromatic carbocycles. The Morgan fingerprint density at radius 3 is 2.50 bits per heavy atom. The summed E-state index contributed by atoms with van der Waals surface area (Å²) in [4.78, 5) is 11.8. The fourth-order valence-electron chi connectivity index (χ4n) is 1.93. The summed E-state index contributed by atoms with van der Waals surface area (Å²) in [7, 11) is 0. The summed E-state index contributed by atoms with van der Waals surface area (Å²) >= 11 is 0. The van der Waals surface area contributed by atoms with E-state index in [-0.39, 0.29) is 11.4 Å². The number of hydrogen-bond donors (Lipinski definition) is 3. The lowest BCUT2D eigenvalue weighted by Crippen LogP contribution is -1.96. The molecule has 0 unspecified atom stereocenters. The van der Waals surface area contributed by atoms with E-state index in [0.29, 0.717) is 16.9 Å². The average Bonchev–Trinajstić information content (AvgIpc) is 2.87. The number of rotatable bonds is 3. The van der Waals surface area contributed by atoms with Crippen molar-refractivity contribution < 1.29 is 9.50 Å². The Morgan fingerprint density at radius 1 is 1.00 bits per heavy atom. The molecular formula is C15H11FN4O2. The van der Waals surface area contributed by atoms with Crippen LogP contribution < -0.4 is 5.56 Å². The van der Waals surface area contributed by atoms with Crippen LogP contribution in [0.5, 0.6) is 5.75 Å². The molecule has 0 atom stereocenters. The molecule has 7 heteroatoms. The number of nitrogens with zero attached hydrogens (tertiary/aromatic N) is 2. The number of benzene rings is 2. The summed E-state index contributed by atoms with van der Waals surface area (Å²) in [5, 5.41) is 22.2. The van der Waals surface area contributed by atoms with Crippen LogP contribution in [0.1, 0.15) is 0 Å². The van der Waals surface area contributed by atoms with Gasteiger partial charge in [-0.25, -0.2) is 4.39 Å². The number of halogens is 1. The van der Waals surface area contributed by atoms with Crippen molar-refractivity contribution in [2.24, 2.45) is 10.2 Å². The lowest BCUT2D eigenvalue weighted by molar-refractivity contribution is 0.475. The largest absolute Gasteiger partial charge is 0.508 e. The molecule has 6 nitrogen and oxygen atoms in total. The minimum atomic E-state index is -0.441. The van der Waals surface area contributed by atoms with Crippen LogP contribution in [0.15, 0.2) is 63.6 Å². The summed E-state index contributed by atoms with van der Waals surface area (Å²) in [5.41, 5.74) is 1.03. The van der Waals surface area contributed by atoms with Gasteiger partial charge in [-0.05, 0) is 36.4 Å². The summed E-state index contributed by atoms with van der Waals surface area (Å²) in [6.07, 6.45) is 0. The number of aromatic hydroxyl groups is 1. The van der Waals surface area contributed by atoms with Crippen LogP contribution in [0, 0.1) is 5.82 Å². The first-order chi connectivity index (χ1) is 10.6. The zero-order valence-electron chi connectivity index (χ0n) is 11.2. The van der Waals surface area contributed by atoms with Crippen LogP contribution in [0.2, 0.25) is 0 Å². The van der Waals surface area contributed by atoms with Gasteiger partial charge in [-0.2, -0.15) is 5.11 Å². The van der Waals surface area contributed by atoms with Gasteiger partial charge in [0.05, 0.1) is 11.4 Å². The van der Waals surface area contributed by atoms with Gasteiger partial charge in [0.1, 0.15) is 11.6 Å². The van der Waals surface area contributed by atoms with E-state index in [0.717, 1.165) is 0 Å². The molecule has 0 saturated heterocycles. The van der Waals surface area contributed by atoms with Gasteiger partial charge >= 0.3 is 0 Å². The molecule has 3 rings (SSSR count). The van der Waals surface area contributed by atoms with Gasteiger partial charge in [-0.1, -0.05) is 6.07 Å². The zero-order valence-corrected chi connectivity index (χ0v) is 11.2. The van der Waals surface area contributed by atoms with Gasteiger partial charge in [0.25, 0.3) is 5.56 Å². The summed E-state index contributed by atoms with van der Waals surface area (Å²) in [5.74, 6) is -0.317. The first kappa shape index (κ1) is 13.7. The minimum absolute atomic E-state index is 0.0787. The van der Waals surface area contributed by atoms with Crippen molar-refractivity contribution in [1.82, 2.24) is 10.2 Å². The molecule has 0 saturated carbocycles. The number of hydrogen-bond acceptors (Lipinski definition) is 4. The second-order valence-electron chi connectivity index (χ2n) is 4.53. The van der Waals surface area contributed by atoms with Crippen LogP contribution in [0.4, 0.5) is 15.8 Å². The van der Waals surface area contributed by atoms with E-state index in [9.17, 15) is 14.3 Å². The average molecular weight is 298 g/mol. The predicted molar refractivity (Wildman–Crippen MR) is 79.1 cm³/mol. The fraction of sp³-hybridized carbons (Fsp3) is 0. The van der Waals surface area contributed by atoms with Gasteiger partial charge in [-0.15, -0.1) is 5.11 Å². The summed E-state index contributed by atoms with van der Waals surface area (Å²) in [6.45, 7) is 0. The number of nitrogens with one attached hydrogen (secondary N) is 2. The molecule has 0 fully saturated rings. The standard InChI is InChI=1S/C15H11FN4O2/c16-10-2-1-3-11(8-10)17-19-14-13(18-20-15(14)22)9-4-6-12(21)7-5-9/h1-8,21H,(H2,18,20,22). The van der Waals surface area contributed by atoms with E-state index in [1.54, 1.807) is 18.2 Å². The van der Waals surface area contributed by atoms with Crippen LogP contribution in [0.25, 0.3) is 11.3 Å². The number of azo groups is 1. The maximum atomic E-state index is 13.1. The number of aromatic amines is 2. The third kappa shape index (κ3) is 2.78. The highest BCUT2D eigenvalue weighted by Crippen LogP contribution is 2.27. The second kappa shape index (κ2) is 5.65. The molecule has 110 valence electrons. The number of H-pyrrole nitrogens is 2. The van der Waals surface area contributed by atoms with Crippen molar-refractivity contribution in [3.8, 4) is 17.0 Å². The first-order valence-corrected chi connectivity index (χ1v) is 6.41. The van der Waals surface area contributed by atoms with Crippen molar-refractivity contribution in [2.75, 3.05) is 0 Å². The van der Waals surface area contributed by atoms with E-state index >= 15 is 0 Å².